The number of nitrogens with one attached hydrogen (secondary N) is 1. The van der Waals surface area contributed by atoms with E-state index in [1.807, 2.05) is 0 Å². The zero-order valence-corrected chi connectivity index (χ0v) is 18.5. The highest BCUT2D eigenvalue weighted by molar-refractivity contribution is 6.34. The Labute approximate surface area is 197 Å². The number of benzene rings is 2. The van der Waals surface area contributed by atoms with Crippen LogP contribution in [0.25, 0.3) is 16.8 Å². The van der Waals surface area contributed by atoms with Crippen molar-refractivity contribution in [3.8, 4) is 11.1 Å². The fourth-order valence-corrected chi connectivity index (χ4v) is 3.72. The van der Waals surface area contributed by atoms with E-state index in [0.29, 0.717) is 11.2 Å². The van der Waals surface area contributed by atoms with E-state index in [2.05, 4.69) is 15.4 Å². The molecule has 4 N–H and O–H groups in total. The van der Waals surface area contributed by atoms with Crippen molar-refractivity contribution >= 4 is 29.1 Å². The molecule has 2 atom stereocenters. The fourth-order valence-electron chi connectivity index (χ4n) is 3.49. The molecule has 11 heteroatoms. The van der Waals surface area contributed by atoms with Gasteiger partial charge in [0, 0.05) is 11.8 Å². The number of pyridine rings is 1. The van der Waals surface area contributed by atoms with Gasteiger partial charge in [0.1, 0.15) is 23.4 Å². The number of hydrogen-bond donors (Lipinski definition) is 3. The van der Waals surface area contributed by atoms with Crippen LogP contribution >= 0.6 is 11.6 Å². The van der Waals surface area contributed by atoms with E-state index < -0.39 is 41.4 Å². The highest BCUT2D eigenvalue weighted by Crippen LogP contribution is 2.31. The molecule has 7 nitrogen and oxygen atoms in total. The van der Waals surface area contributed by atoms with E-state index in [9.17, 15) is 18.7 Å². The van der Waals surface area contributed by atoms with Gasteiger partial charge in [-0.2, -0.15) is 4.98 Å². The van der Waals surface area contributed by atoms with Crippen molar-refractivity contribution in [1.82, 2.24) is 19.9 Å². The molecule has 0 fully saturated rings. The fraction of sp³-hybridized carbons (Fsp3) is 0.174. The van der Waals surface area contributed by atoms with Crippen molar-refractivity contribution in [2.24, 2.45) is 0 Å². The first-order valence-electron chi connectivity index (χ1n) is 10.1. The molecule has 2 aromatic heterocycles. The van der Waals surface area contributed by atoms with Gasteiger partial charge in [-0.3, -0.25) is 4.79 Å². The third kappa shape index (κ3) is 4.42. The molecule has 4 aromatic rings. The van der Waals surface area contributed by atoms with E-state index in [1.165, 1.54) is 48.0 Å². The Morgan fingerprint density at radius 3 is 2.65 bits per heavy atom. The second-order valence-corrected chi connectivity index (χ2v) is 8.21. The molecule has 4 rings (SSSR count). The van der Waals surface area contributed by atoms with E-state index >= 15 is 4.39 Å². The van der Waals surface area contributed by atoms with Gasteiger partial charge in [-0.1, -0.05) is 23.7 Å². The average Bonchev–Trinajstić information content (AvgIpc) is 3.17. The number of aromatic nitrogens is 3. The van der Waals surface area contributed by atoms with E-state index in [1.54, 1.807) is 6.07 Å². The Morgan fingerprint density at radius 1 is 1.24 bits per heavy atom. The first kappa shape index (κ1) is 23.5. The lowest BCUT2D eigenvalue weighted by Crippen LogP contribution is -2.42. The predicted octanol–water partition coefficient (Wildman–Crippen LogP) is 3.89. The molecule has 0 radical (unpaired) electrons. The molecule has 0 saturated carbocycles. The number of nitrogens with zero attached hydrogens (tertiary/aromatic N) is 3. The topological polar surface area (TPSA) is 106 Å². The van der Waals surface area contributed by atoms with Gasteiger partial charge in [0.05, 0.1) is 17.1 Å². The van der Waals surface area contributed by atoms with Gasteiger partial charge in [0.15, 0.2) is 5.65 Å². The van der Waals surface area contributed by atoms with Crippen LogP contribution < -0.4 is 11.1 Å². The first-order chi connectivity index (χ1) is 16.1. The third-order valence-electron chi connectivity index (χ3n) is 5.46. The summed E-state index contributed by atoms with van der Waals surface area (Å²) in [4.78, 5) is 16.7. The minimum absolute atomic E-state index is 0.0473. The molecule has 0 aliphatic carbocycles. The summed E-state index contributed by atoms with van der Waals surface area (Å²) in [6.07, 6.45) is -0.444. The van der Waals surface area contributed by atoms with Crippen LogP contribution in [0.5, 0.6) is 0 Å². The maximum Gasteiger partial charge on any atom is 0.255 e. The van der Waals surface area contributed by atoms with Gasteiger partial charge in [0.25, 0.3) is 5.91 Å². The van der Waals surface area contributed by atoms with Crippen LogP contribution in [0.1, 0.15) is 22.8 Å². The van der Waals surface area contributed by atoms with Crippen molar-refractivity contribution < 1.29 is 23.1 Å². The van der Waals surface area contributed by atoms with Crippen molar-refractivity contribution in [3.05, 3.63) is 82.5 Å². The van der Waals surface area contributed by atoms with Gasteiger partial charge in [-0.05, 0) is 54.4 Å². The number of hydrogen-bond acceptors (Lipinski definition) is 5. The van der Waals surface area contributed by atoms with Crippen LogP contribution in [-0.2, 0) is 5.60 Å². The molecule has 0 aliphatic rings. The molecule has 2 aromatic carbocycles. The molecule has 0 spiro atoms. The number of nitrogen functional groups attached to an aromatic ring is 1. The molecule has 0 unspecified atom stereocenters. The summed E-state index contributed by atoms with van der Waals surface area (Å²) in [6, 6.07) is 10.5. The van der Waals surface area contributed by atoms with Crippen LogP contribution in [-0.4, -0.2) is 38.3 Å². The molecule has 2 heterocycles. The summed E-state index contributed by atoms with van der Waals surface area (Å²) in [6.45, 7) is 0.548. The molecule has 0 aliphatic heterocycles. The zero-order valence-electron chi connectivity index (χ0n) is 17.8. The van der Waals surface area contributed by atoms with Crippen LogP contribution in [0, 0.1) is 11.6 Å². The van der Waals surface area contributed by atoms with Crippen molar-refractivity contribution in [2.75, 3.05) is 12.3 Å². The van der Waals surface area contributed by atoms with Crippen molar-refractivity contribution in [2.45, 2.75) is 18.7 Å². The summed E-state index contributed by atoms with van der Waals surface area (Å²) in [5.41, 5.74) is 4.02. The van der Waals surface area contributed by atoms with Crippen LogP contribution in [0.15, 0.2) is 54.7 Å². The standard InChI is InChI=1S/C23H19ClF3N5O2/c1-23(34,13-2-4-14(25)5-3-13)17(26)11-29-21(33)19-16(24)7-6-15(20(19)27)12-8-9-32-18(10-12)30-22(28)31-32/h2-10,17,34H,11H2,1H3,(H2,28,31)(H,29,33)/t17-,23-/m0/s1. The highest BCUT2D eigenvalue weighted by atomic mass is 35.5. The van der Waals surface area contributed by atoms with Crippen molar-refractivity contribution in [3.63, 3.8) is 0 Å². The highest BCUT2D eigenvalue weighted by Gasteiger charge is 2.34. The number of amides is 1. The summed E-state index contributed by atoms with van der Waals surface area (Å²) >= 11 is 6.08. The lowest BCUT2D eigenvalue weighted by Gasteiger charge is -2.28. The van der Waals surface area contributed by atoms with Crippen LogP contribution in [0.3, 0.4) is 0 Å². The molecule has 0 saturated heterocycles. The minimum Gasteiger partial charge on any atom is -0.382 e. The Kier molecular flexibility index (Phi) is 6.20. The maximum absolute atomic E-state index is 15.3. The number of nitrogens with two attached hydrogens (primary N) is 1. The van der Waals surface area contributed by atoms with E-state index in [0.717, 1.165) is 12.1 Å². The Hall–Kier alpha value is -3.63. The van der Waals surface area contributed by atoms with Crippen LogP contribution in [0.2, 0.25) is 5.02 Å². The number of rotatable bonds is 6. The maximum atomic E-state index is 15.3. The minimum atomic E-state index is -2.03. The number of aliphatic hydroxyl groups is 1. The summed E-state index contributed by atoms with van der Waals surface area (Å²) in [7, 11) is 0. The number of anilines is 1. The van der Waals surface area contributed by atoms with E-state index in [-0.39, 0.29) is 22.1 Å². The molecular weight excluding hydrogens is 471 g/mol. The molecule has 34 heavy (non-hydrogen) atoms. The number of carbonyl (C=O) groups excluding carboxylic acids is 1. The summed E-state index contributed by atoms with van der Waals surface area (Å²) in [5, 5.41) is 16.6. The van der Waals surface area contributed by atoms with Gasteiger partial charge in [-0.15, -0.1) is 5.10 Å². The second-order valence-electron chi connectivity index (χ2n) is 7.80. The van der Waals surface area contributed by atoms with Gasteiger partial charge in [-0.25, -0.2) is 17.7 Å². The summed E-state index contributed by atoms with van der Waals surface area (Å²) in [5.74, 6) is -2.37. The molecule has 0 bridgehead atoms. The SMILES string of the molecule is C[C@](O)(c1ccc(F)cc1)[C@@H](F)CNC(=O)c1c(Cl)ccc(-c2ccn3nc(N)nc3c2)c1F. The van der Waals surface area contributed by atoms with Crippen molar-refractivity contribution in [1.29, 1.82) is 0 Å². The lowest BCUT2D eigenvalue weighted by atomic mass is 9.91. The number of fused-ring (bicyclic) bond motifs is 1. The first-order valence-corrected chi connectivity index (χ1v) is 10.5. The Balaban J connectivity index is 1.56. The number of carbonyl (C=O) groups is 1. The smallest absolute Gasteiger partial charge is 0.255 e. The Bertz CT molecular complexity index is 1380. The zero-order chi connectivity index (χ0) is 24.6. The molecule has 176 valence electrons. The largest absolute Gasteiger partial charge is 0.382 e. The number of halogens is 4. The molecule has 1 amide bonds. The quantitative estimate of drug-likeness (QED) is 0.381. The lowest BCUT2D eigenvalue weighted by molar-refractivity contribution is -0.0229. The summed E-state index contributed by atoms with van der Waals surface area (Å²) < 4.78 is 44.7. The second kappa shape index (κ2) is 8.96. The average molecular weight is 490 g/mol. The normalized spacial score (nSPS) is 14.1. The van der Waals surface area contributed by atoms with Gasteiger partial charge < -0.3 is 16.2 Å². The monoisotopic (exact) mass is 489 g/mol. The predicted molar refractivity (Wildman–Crippen MR) is 121 cm³/mol. The van der Waals surface area contributed by atoms with Gasteiger partial charge >= 0.3 is 0 Å². The van der Waals surface area contributed by atoms with E-state index in [4.69, 9.17) is 17.3 Å². The van der Waals surface area contributed by atoms with Crippen LogP contribution in [0.4, 0.5) is 19.1 Å². The Morgan fingerprint density at radius 2 is 1.94 bits per heavy atom. The third-order valence-corrected chi connectivity index (χ3v) is 5.78. The number of alkyl halides is 1. The molecular formula is C23H19ClF3N5O2. The van der Waals surface area contributed by atoms with Gasteiger partial charge in [0.2, 0.25) is 5.95 Å².